The fourth-order valence-corrected chi connectivity index (χ4v) is 8.74. The molecule has 1 saturated carbocycles. The highest BCUT2D eigenvalue weighted by Crippen LogP contribution is 2.37. The normalized spacial score (nSPS) is 19.3. The number of aromatic nitrogens is 1. The molecule has 2 heterocycles. The summed E-state index contributed by atoms with van der Waals surface area (Å²) in [5.41, 5.74) is 8.58. The van der Waals surface area contributed by atoms with Crippen LogP contribution in [-0.4, -0.2) is 76.7 Å². The van der Waals surface area contributed by atoms with Gasteiger partial charge in [0, 0.05) is 47.6 Å². The molecule has 3 aromatic rings. The van der Waals surface area contributed by atoms with Gasteiger partial charge >= 0.3 is 6.09 Å². The number of carbonyl (C=O) groups is 2. The molecule has 0 spiro atoms. The third-order valence-electron chi connectivity index (χ3n) is 8.83. The van der Waals surface area contributed by atoms with Crippen LogP contribution < -0.4 is 5.32 Å². The Morgan fingerprint density at radius 2 is 1.67 bits per heavy atom. The molecule has 12 nitrogen and oxygen atoms in total. The van der Waals surface area contributed by atoms with E-state index >= 15 is 4.39 Å². The fourth-order valence-electron chi connectivity index (χ4n) is 6.51. The summed E-state index contributed by atoms with van der Waals surface area (Å²) in [6, 6.07) is 4.11. The average molecular weight is 746 g/mol. The Labute approximate surface area is 298 Å². The van der Waals surface area contributed by atoms with Crippen molar-refractivity contribution in [2.24, 2.45) is 5.11 Å². The molecule has 1 aliphatic heterocycles. The maximum Gasteiger partial charge on any atom is 0.410 e. The topological polar surface area (TPSA) is 158 Å². The van der Waals surface area contributed by atoms with Gasteiger partial charge in [0.25, 0.3) is 0 Å². The van der Waals surface area contributed by atoms with E-state index in [9.17, 15) is 36.7 Å². The highest BCUT2D eigenvalue weighted by molar-refractivity contribution is 7.90. The molecule has 1 aromatic heterocycles. The molecule has 278 valence electrons. The average Bonchev–Trinajstić information content (AvgIpc) is 3.90. The molecule has 0 bridgehead atoms. The monoisotopic (exact) mass is 745 g/mol. The molecule has 17 heteroatoms. The Kier molecular flexibility index (Phi) is 11.5. The van der Waals surface area contributed by atoms with Gasteiger partial charge < -0.3 is 15.0 Å². The first kappa shape index (κ1) is 38.5. The number of pyridine rings is 1. The Morgan fingerprint density at radius 1 is 1.02 bits per heavy atom. The molecular formula is C35H39F4N7O5S. The third kappa shape index (κ3) is 9.00. The number of ether oxygens (including phenoxy) is 1. The number of hydrogen-bond acceptors (Lipinski definition) is 7. The van der Waals surface area contributed by atoms with Crippen LogP contribution in [0.5, 0.6) is 0 Å². The lowest BCUT2D eigenvalue weighted by Crippen LogP contribution is -2.61. The predicted octanol–water partition coefficient (Wildman–Crippen LogP) is 6.82. The van der Waals surface area contributed by atoms with Crippen LogP contribution in [0.2, 0.25) is 0 Å². The van der Waals surface area contributed by atoms with Gasteiger partial charge in [0.2, 0.25) is 15.9 Å². The van der Waals surface area contributed by atoms with Crippen molar-refractivity contribution in [1.82, 2.24) is 14.2 Å². The first-order valence-electron chi connectivity index (χ1n) is 16.7. The molecular weight excluding hydrogens is 706 g/mol. The Bertz CT molecular complexity index is 1950. The van der Waals surface area contributed by atoms with Crippen LogP contribution in [0.4, 0.5) is 28.0 Å². The Hall–Kier alpha value is -4.73. The van der Waals surface area contributed by atoms with Crippen molar-refractivity contribution in [3.63, 3.8) is 0 Å². The highest BCUT2D eigenvalue weighted by atomic mass is 32.2. The number of rotatable bonds is 11. The molecule has 2 fully saturated rings. The summed E-state index contributed by atoms with van der Waals surface area (Å²) in [7, 11) is -3.75. The molecule has 1 saturated heterocycles. The molecule has 4 unspecified atom stereocenters. The summed E-state index contributed by atoms with van der Waals surface area (Å²) in [6.07, 6.45) is 2.39. The van der Waals surface area contributed by atoms with Crippen molar-refractivity contribution in [1.29, 1.82) is 0 Å². The van der Waals surface area contributed by atoms with Gasteiger partial charge in [0.05, 0.1) is 23.3 Å². The van der Waals surface area contributed by atoms with E-state index in [2.05, 4.69) is 20.3 Å². The molecule has 2 aromatic carbocycles. The number of amides is 2. The number of anilines is 1. The second-order valence-electron chi connectivity index (χ2n) is 14.0. The standard InChI is InChI=1S/C35H39F4N7O5S/c1-20-18-45(34(48)51-35(2,3)4)19-26(46(20)52(49,50)27-10-11-27)9-12-28-29(39)16-41-17-30(28)42-33(47)32(43-44-40)31(21-5-7-23(36)8-6-21)22-13-24(37)15-25(38)14-22/h5-8,13-17,20,26-27,31-32H,9-12,18-19H2,1-4H3,(H,42,47). The number of nitrogens with one attached hydrogen (secondary N) is 1. The van der Waals surface area contributed by atoms with E-state index in [0.717, 1.165) is 36.7 Å². The van der Waals surface area contributed by atoms with Crippen molar-refractivity contribution in [3.8, 4) is 0 Å². The molecule has 5 rings (SSSR count). The first-order valence-corrected chi connectivity index (χ1v) is 18.2. The quantitative estimate of drug-likeness (QED) is 0.0982. The van der Waals surface area contributed by atoms with Gasteiger partial charge in [-0.25, -0.2) is 30.8 Å². The lowest BCUT2D eigenvalue weighted by Gasteiger charge is -2.45. The van der Waals surface area contributed by atoms with Crippen LogP contribution in [0.15, 0.2) is 60.0 Å². The van der Waals surface area contributed by atoms with Gasteiger partial charge in [0.1, 0.15) is 34.9 Å². The molecule has 2 amide bonds. The predicted molar refractivity (Wildman–Crippen MR) is 184 cm³/mol. The number of benzene rings is 2. The summed E-state index contributed by atoms with van der Waals surface area (Å²) >= 11 is 0. The Balaban J connectivity index is 1.45. The zero-order chi connectivity index (χ0) is 38.0. The maximum absolute atomic E-state index is 15.5. The summed E-state index contributed by atoms with van der Waals surface area (Å²) in [5, 5.41) is 5.62. The zero-order valence-corrected chi connectivity index (χ0v) is 29.8. The van der Waals surface area contributed by atoms with Crippen LogP contribution in [0.1, 0.15) is 69.6 Å². The first-order chi connectivity index (χ1) is 24.5. The summed E-state index contributed by atoms with van der Waals surface area (Å²) in [5.74, 6) is -5.71. The lowest BCUT2D eigenvalue weighted by atomic mass is 9.84. The molecule has 52 heavy (non-hydrogen) atoms. The SMILES string of the molecule is CC1CN(C(=O)OC(C)(C)C)CC(CCc2c(F)cncc2NC(=O)C(N=[N+]=[N-])C(c2ccc(F)cc2)c2cc(F)cc(F)c2)N1S(=O)(=O)C1CC1. The van der Waals surface area contributed by atoms with Crippen LogP contribution in [0.3, 0.4) is 0 Å². The minimum Gasteiger partial charge on any atom is -0.444 e. The number of carbonyl (C=O) groups excluding carboxylic acids is 2. The molecule has 2 aliphatic rings. The van der Waals surface area contributed by atoms with E-state index < -0.39 is 80.2 Å². The van der Waals surface area contributed by atoms with Crippen molar-refractivity contribution < 1.29 is 40.3 Å². The van der Waals surface area contributed by atoms with Crippen LogP contribution in [-0.2, 0) is 26.0 Å². The third-order valence-corrected chi connectivity index (χ3v) is 11.4. The minimum absolute atomic E-state index is 0.0257. The number of nitrogens with zero attached hydrogens (tertiary/aromatic N) is 6. The lowest BCUT2D eigenvalue weighted by molar-refractivity contribution is -0.117. The largest absolute Gasteiger partial charge is 0.444 e. The van der Waals surface area contributed by atoms with E-state index in [1.54, 1.807) is 27.7 Å². The van der Waals surface area contributed by atoms with Gasteiger partial charge in [-0.1, -0.05) is 17.2 Å². The van der Waals surface area contributed by atoms with E-state index in [4.69, 9.17) is 4.74 Å². The van der Waals surface area contributed by atoms with Crippen molar-refractivity contribution in [2.75, 3.05) is 18.4 Å². The van der Waals surface area contributed by atoms with E-state index in [1.807, 2.05) is 0 Å². The zero-order valence-electron chi connectivity index (χ0n) is 29.0. The summed E-state index contributed by atoms with van der Waals surface area (Å²) < 4.78 is 92.3. The second-order valence-corrected chi connectivity index (χ2v) is 16.1. The highest BCUT2D eigenvalue weighted by Gasteiger charge is 2.48. The molecule has 4 atom stereocenters. The number of halogens is 4. The van der Waals surface area contributed by atoms with E-state index in [1.165, 1.54) is 21.3 Å². The molecule has 1 aliphatic carbocycles. The number of azide groups is 1. The second kappa shape index (κ2) is 15.5. The summed E-state index contributed by atoms with van der Waals surface area (Å²) in [4.78, 5) is 35.0. The van der Waals surface area contributed by atoms with Crippen LogP contribution >= 0.6 is 0 Å². The van der Waals surface area contributed by atoms with Gasteiger partial charge in [-0.05, 0) is 94.3 Å². The smallest absolute Gasteiger partial charge is 0.410 e. The van der Waals surface area contributed by atoms with Crippen molar-refractivity contribution >= 4 is 27.7 Å². The van der Waals surface area contributed by atoms with Crippen LogP contribution in [0.25, 0.3) is 10.4 Å². The maximum atomic E-state index is 15.5. The van der Waals surface area contributed by atoms with E-state index in [0.29, 0.717) is 18.9 Å². The van der Waals surface area contributed by atoms with Crippen LogP contribution in [0, 0.1) is 23.3 Å². The van der Waals surface area contributed by atoms with Gasteiger partial charge in [-0.3, -0.25) is 9.78 Å². The van der Waals surface area contributed by atoms with Gasteiger partial charge in [-0.15, -0.1) is 0 Å². The Morgan fingerprint density at radius 3 is 2.27 bits per heavy atom. The van der Waals surface area contributed by atoms with Gasteiger partial charge in [-0.2, -0.15) is 4.31 Å². The summed E-state index contributed by atoms with van der Waals surface area (Å²) in [6.45, 7) is 6.90. The van der Waals surface area contributed by atoms with Crippen molar-refractivity contribution in [2.45, 2.75) is 88.3 Å². The minimum atomic E-state index is -3.75. The van der Waals surface area contributed by atoms with Gasteiger partial charge in [0.15, 0.2) is 0 Å². The van der Waals surface area contributed by atoms with Crippen molar-refractivity contribution in [3.05, 3.63) is 105 Å². The molecule has 0 radical (unpaired) electrons. The number of piperazine rings is 1. The van der Waals surface area contributed by atoms with E-state index in [-0.39, 0.29) is 48.3 Å². The fraction of sp³-hybridized carbons (Fsp3) is 0.457. The number of hydrogen-bond donors (Lipinski definition) is 1. The number of sulfonamides is 1. The molecule has 1 N–H and O–H groups in total.